The third kappa shape index (κ3) is 4.39. The zero-order valence-corrected chi connectivity index (χ0v) is 16.9. The van der Waals surface area contributed by atoms with Gasteiger partial charge >= 0.3 is 0 Å². The SMILES string of the molecule is CCC(C(=O)Nc1cc(C)on1)N1CCN(Cc2c(C)nn(C)c2C)CC1. The molecule has 0 saturated carbocycles. The first kappa shape index (κ1) is 19.6. The van der Waals surface area contributed by atoms with Crippen LogP contribution in [0.2, 0.25) is 0 Å². The van der Waals surface area contributed by atoms with Crippen LogP contribution in [0.1, 0.15) is 36.1 Å². The van der Waals surface area contributed by atoms with Crippen LogP contribution in [0.5, 0.6) is 0 Å². The first-order chi connectivity index (χ1) is 12.9. The van der Waals surface area contributed by atoms with E-state index >= 15 is 0 Å². The maximum atomic E-state index is 12.7. The standard InChI is InChI=1S/C19H30N6O2/c1-6-17(19(26)20-18-11-13(2)27-22-18)25-9-7-24(8-10-25)12-16-14(3)21-23(5)15(16)4/h11,17H,6-10,12H2,1-5H3,(H,20,22,26). The molecule has 1 N–H and O–H groups in total. The van der Waals surface area contributed by atoms with Crippen molar-refractivity contribution in [1.29, 1.82) is 0 Å². The number of hydrogen-bond donors (Lipinski definition) is 1. The lowest BCUT2D eigenvalue weighted by molar-refractivity contribution is -0.122. The molecule has 8 nitrogen and oxygen atoms in total. The van der Waals surface area contributed by atoms with Gasteiger partial charge in [0.05, 0.1) is 11.7 Å². The van der Waals surface area contributed by atoms with E-state index in [-0.39, 0.29) is 11.9 Å². The summed E-state index contributed by atoms with van der Waals surface area (Å²) in [5.41, 5.74) is 3.65. The molecular formula is C19H30N6O2. The minimum absolute atomic E-state index is 0.0156. The fourth-order valence-corrected chi connectivity index (χ4v) is 3.75. The molecule has 1 amide bonds. The number of piperazine rings is 1. The highest BCUT2D eigenvalue weighted by molar-refractivity contribution is 5.94. The van der Waals surface area contributed by atoms with Gasteiger partial charge in [0.15, 0.2) is 5.82 Å². The van der Waals surface area contributed by atoms with E-state index in [0.29, 0.717) is 11.6 Å². The molecule has 0 radical (unpaired) electrons. The first-order valence-corrected chi connectivity index (χ1v) is 9.58. The largest absolute Gasteiger partial charge is 0.360 e. The first-order valence-electron chi connectivity index (χ1n) is 9.58. The van der Waals surface area contributed by atoms with Gasteiger partial charge in [0.25, 0.3) is 0 Å². The van der Waals surface area contributed by atoms with Crippen LogP contribution in [0.15, 0.2) is 10.6 Å². The summed E-state index contributed by atoms with van der Waals surface area (Å²) in [5.74, 6) is 1.16. The number of rotatable bonds is 6. The molecule has 8 heteroatoms. The molecular weight excluding hydrogens is 344 g/mol. The van der Waals surface area contributed by atoms with Gasteiger partial charge in [-0.2, -0.15) is 5.10 Å². The van der Waals surface area contributed by atoms with E-state index in [0.717, 1.165) is 44.8 Å². The predicted octanol–water partition coefficient (Wildman–Crippen LogP) is 1.87. The monoisotopic (exact) mass is 374 g/mol. The summed E-state index contributed by atoms with van der Waals surface area (Å²) in [6.45, 7) is 12.6. The van der Waals surface area contributed by atoms with Crippen LogP contribution in [-0.4, -0.2) is 62.9 Å². The smallest absolute Gasteiger partial charge is 0.242 e. The van der Waals surface area contributed by atoms with Gasteiger partial charge in [-0.1, -0.05) is 12.1 Å². The lowest BCUT2D eigenvalue weighted by Gasteiger charge is -2.38. The van der Waals surface area contributed by atoms with Gasteiger partial charge in [0.1, 0.15) is 5.76 Å². The van der Waals surface area contributed by atoms with E-state index in [1.165, 1.54) is 11.3 Å². The number of carbonyl (C=O) groups is 1. The van der Waals surface area contributed by atoms with Gasteiger partial charge in [0, 0.05) is 57.1 Å². The molecule has 0 aliphatic carbocycles. The Kier molecular flexibility index (Phi) is 5.96. The number of carbonyl (C=O) groups excluding carboxylic acids is 1. The molecule has 0 aromatic carbocycles. The average molecular weight is 374 g/mol. The molecule has 148 valence electrons. The van der Waals surface area contributed by atoms with Gasteiger partial charge in [0.2, 0.25) is 5.91 Å². The zero-order chi connectivity index (χ0) is 19.6. The maximum absolute atomic E-state index is 12.7. The third-order valence-corrected chi connectivity index (χ3v) is 5.46. The van der Waals surface area contributed by atoms with Crippen molar-refractivity contribution in [3.63, 3.8) is 0 Å². The topological polar surface area (TPSA) is 79.4 Å². The molecule has 2 aromatic heterocycles. The van der Waals surface area contributed by atoms with Crippen LogP contribution in [0, 0.1) is 20.8 Å². The van der Waals surface area contributed by atoms with Gasteiger partial charge in [-0.05, 0) is 27.2 Å². The zero-order valence-electron chi connectivity index (χ0n) is 16.9. The van der Waals surface area contributed by atoms with Crippen LogP contribution in [-0.2, 0) is 18.4 Å². The Morgan fingerprint density at radius 2 is 1.96 bits per heavy atom. The predicted molar refractivity (Wildman–Crippen MR) is 103 cm³/mol. The Hall–Kier alpha value is -2.19. The summed E-state index contributed by atoms with van der Waals surface area (Å²) in [6, 6.07) is 1.59. The fourth-order valence-electron chi connectivity index (χ4n) is 3.75. The second-order valence-electron chi connectivity index (χ2n) is 7.32. The Morgan fingerprint density at radius 1 is 1.26 bits per heavy atom. The molecule has 0 bridgehead atoms. The highest BCUT2D eigenvalue weighted by Gasteiger charge is 2.28. The van der Waals surface area contributed by atoms with Crippen molar-refractivity contribution in [1.82, 2.24) is 24.7 Å². The summed E-state index contributed by atoms with van der Waals surface area (Å²) >= 11 is 0. The molecule has 1 saturated heterocycles. The summed E-state index contributed by atoms with van der Waals surface area (Å²) in [4.78, 5) is 17.4. The van der Waals surface area contributed by atoms with E-state index in [4.69, 9.17) is 4.52 Å². The molecule has 1 aliphatic rings. The summed E-state index contributed by atoms with van der Waals surface area (Å²) in [5, 5.41) is 11.2. The van der Waals surface area contributed by atoms with Crippen molar-refractivity contribution in [3.05, 3.63) is 28.8 Å². The highest BCUT2D eigenvalue weighted by Crippen LogP contribution is 2.18. The Bertz CT molecular complexity index is 788. The number of aromatic nitrogens is 3. The highest BCUT2D eigenvalue weighted by atomic mass is 16.5. The summed E-state index contributed by atoms with van der Waals surface area (Å²) in [6.07, 6.45) is 0.767. The van der Waals surface area contributed by atoms with E-state index in [9.17, 15) is 4.79 Å². The molecule has 3 rings (SSSR count). The molecule has 0 spiro atoms. The van der Waals surface area contributed by atoms with Crippen molar-refractivity contribution in [2.75, 3.05) is 31.5 Å². The molecule has 27 heavy (non-hydrogen) atoms. The minimum atomic E-state index is -0.147. The van der Waals surface area contributed by atoms with E-state index in [2.05, 4.69) is 39.2 Å². The number of nitrogens with one attached hydrogen (secondary N) is 1. The number of hydrogen-bond acceptors (Lipinski definition) is 6. The molecule has 1 aliphatic heterocycles. The van der Waals surface area contributed by atoms with Gasteiger partial charge in [-0.3, -0.25) is 19.3 Å². The minimum Gasteiger partial charge on any atom is -0.360 e. The number of amides is 1. The number of anilines is 1. The quantitative estimate of drug-likeness (QED) is 0.832. The lowest BCUT2D eigenvalue weighted by atomic mass is 10.1. The normalized spacial score (nSPS) is 17.2. The lowest BCUT2D eigenvalue weighted by Crippen LogP contribution is -2.53. The van der Waals surface area contributed by atoms with E-state index in [1.54, 1.807) is 6.07 Å². The Labute approximate surface area is 160 Å². The van der Waals surface area contributed by atoms with Crippen molar-refractivity contribution in [3.8, 4) is 0 Å². The average Bonchev–Trinajstić information content (AvgIpc) is 3.14. The van der Waals surface area contributed by atoms with Gasteiger partial charge in [-0.25, -0.2) is 0 Å². The van der Waals surface area contributed by atoms with Crippen molar-refractivity contribution in [2.45, 2.75) is 46.7 Å². The summed E-state index contributed by atoms with van der Waals surface area (Å²) in [7, 11) is 1.99. The molecule has 1 fully saturated rings. The maximum Gasteiger partial charge on any atom is 0.242 e. The van der Waals surface area contributed by atoms with Crippen LogP contribution in [0.4, 0.5) is 5.82 Å². The number of nitrogens with zero attached hydrogens (tertiary/aromatic N) is 5. The number of aryl methyl sites for hydroxylation is 3. The van der Waals surface area contributed by atoms with Crippen LogP contribution in [0.25, 0.3) is 0 Å². The fraction of sp³-hybridized carbons (Fsp3) is 0.632. The molecule has 3 heterocycles. The Balaban J connectivity index is 1.56. The second-order valence-corrected chi connectivity index (χ2v) is 7.32. The van der Waals surface area contributed by atoms with Crippen molar-refractivity contribution in [2.24, 2.45) is 7.05 Å². The Morgan fingerprint density at radius 3 is 2.48 bits per heavy atom. The molecule has 1 unspecified atom stereocenters. The van der Waals surface area contributed by atoms with Gasteiger partial charge in [-0.15, -0.1) is 0 Å². The second kappa shape index (κ2) is 8.22. The van der Waals surface area contributed by atoms with Gasteiger partial charge < -0.3 is 9.84 Å². The molecule has 1 atom stereocenters. The van der Waals surface area contributed by atoms with E-state index < -0.39 is 0 Å². The van der Waals surface area contributed by atoms with Crippen molar-refractivity contribution >= 4 is 11.7 Å². The van der Waals surface area contributed by atoms with Crippen LogP contribution in [0.3, 0.4) is 0 Å². The van der Waals surface area contributed by atoms with Crippen LogP contribution >= 0.6 is 0 Å². The van der Waals surface area contributed by atoms with E-state index in [1.807, 2.05) is 25.6 Å². The van der Waals surface area contributed by atoms with Crippen LogP contribution < -0.4 is 5.32 Å². The summed E-state index contributed by atoms with van der Waals surface area (Å²) < 4.78 is 6.97. The third-order valence-electron chi connectivity index (χ3n) is 5.46. The van der Waals surface area contributed by atoms with Crippen molar-refractivity contribution < 1.29 is 9.32 Å². The molecule has 2 aromatic rings.